The number of ether oxygens (including phenoxy) is 1. The summed E-state index contributed by atoms with van der Waals surface area (Å²) in [5, 5.41) is 10.5. The van der Waals surface area contributed by atoms with E-state index in [9.17, 15) is 5.11 Å². The SMILES string of the molecule is COc1ccc(C(O)CN(CC(C)C)C2CCCC2)cc1. The molecule has 3 heteroatoms. The Labute approximate surface area is 128 Å². The summed E-state index contributed by atoms with van der Waals surface area (Å²) in [6.07, 6.45) is 4.80. The Hall–Kier alpha value is -1.06. The van der Waals surface area contributed by atoms with E-state index in [-0.39, 0.29) is 0 Å². The molecule has 1 aromatic rings. The average molecular weight is 291 g/mol. The van der Waals surface area contributed by atoms with E-state index in [1.807, 2.05) is 24.3 Å². The van der Waals surface area contributed by atoms with Crippen LogP contribution in [-0.4, -0.2) is 36.2 Å². The summed E-state index contributed by atoms with van der Waals surface area (Å²) in [5.74, 6) is 1.47. The van der Waals surface area contributed by atoms with Crippen LogP contribution in [0, 0.1) is 5.92 Å². The molecular formula is C18H29NO2. The van der Waals surface area contributed by atoms with Crippen LogP contribution in [0.4, 0.5) is 0 Å². The minimum absolute atomic E-state index is 0.421. The fourth-order valence-corrected chi connectivity index (χ4v) is 3.26. The predicted octanol–water partition coefficient (Wildman–Crippen LogP) is 3.63. The topological polar surface area (TPSA) is 32.7 Å². The molecule has 0 bridgehead atoms. The first-order valence-electron chi connectivity index (χ1n) is 8.16. The largest absolute Gasteiger partial charge is 0.497 e. The molecule has 1 atom stereocenters. The molecule has 0 radical (unpaired) electrons. The number of methoxy groups -OCH3 is 1. The minimum atomic E-state index is -0.421. The normalized spacial score (nSPS) is 17.6. The van der Waals surface area contributed by atoms with Crippen LogP contribution < -0.4 is 4.74 Å². The molecule has 0 aromatic heterocycles. The van der Waals surface area contributed by atoms with Crippen molar-refractivity contribution in [3.05, 3.63) is 29.8 Å². The van der Waals surface area contributed by atoms with Crippen LogP contribution in [0.5, 0.6) is 5.75 Å². The summed E-state index contributed by atoms with van der Waals surface area (Å²) in [6, 6.07) is 8.42. The van der Waals surface area contributed by atoms with E-state index in [4.69, 9.17) is 4.74 Å². The molecule has 0 amide bonds. The fourth-order valence-electron chi connectivity index (χ4n) is 3.26. The lowest BCUT2D eigenvalue weighted by Crippen LogP contribution is -2.39. The molecule has 2 rings (SSSR count). The van der Waals surface area contributed by atoms with Crippen molar-refractivity contribution in [2.24, 2.45) is 5.92 Å². The second-order valence-electron chi connectivity index (χ2n) is 6.57. The Morgan fingerprint density at radius 3 is 2.29 bits per heavy atom. The van der Waals surface area contributed by atoms with Crippen LogP contribution >= 0.6 is 0 Å². The maximum Gasteiger partial charge on any atom is 0.118 e. The van der Waals surface area contributed by atoms with Gasteiger partial charge in [-0.1, -0.05) is 38.8 Å². The van der Waals surface area contributed by atoms with Gasteiger partial charge in [-0.05, 0) is 36.5 Å². The zero-order valence-corrected chi connectivity index (χ0v) is 13.6. The first-order chi connectivity index (χ1) is 10.1. The molecule has 1 saturated carbocycles. The number of rotatable bonds is 7. The Balaban J connectivity index is 1.99. The Morgan fingerprint density at radius 2 is 1.76 bits per heavy atom. The molecular weight excluding hydrogens is 262 g/mol. The van der Waals surface area contributed by atoms with Gasteiger partial charge in [0, 0.05) is 19.1 Å². The zero-order chi connectivity index (χ0) is 15.2. The lowest BCUT2D eigenvalue weighted by atomic mass is 10.1. The van der Waals surface area contributed by atoms with Gasteiger partial charge >= 0.3 is 0 Å². The van der Waals surface area contributed by atoms with Crippen molar-refractivity contribution in [3.8, 4) is 5.75 Å². The molecule has 3 nitrogen and oxygen atoms in total. The minimum Gasteiger partial charge on any atom is -0.497 e. The average Bonchev–Trinajstić information content (AvgIpc) is 3.00. The van der Waals surface area contributed by atoms with Gasteiger partial charge in [-0.3, -0.25) is 4.90 Å². The lowest BCUT2D eigenvalue weighted by Gasteiger charge is -2.32. The molecule has 0 heterocycles. The van der Waals surface area contributed by atoms with Gasteiger partial charge in [-0.25, -0.2) is 0 Å². The monoisotopic (exact) mass is 291 g/mol. The smallest absolute Gasteiger partial charge is 0.118 e. The van der Waals surface area contributed by atoms with Gasteiger partial charge in [-0.15, -0.1) is 0 Å². The molecule has 0 aliphatic heterocycles. The highest BCUT2D eigenvalue weighted by molar-refractivity contribution is 5.28. The number of benzene rings is 1. The third-order valence-electron chi connectivity index (χ3n) is 4.35. The molecule has 1 aliphatic rings. The van der Waals surface area contributed by atoms with Gasteiger partial charge in [0.15, 0.2) is 0 Å². The first kappa shape index (κ1) is 16.3. The summed E-state index contributed by atoms with van der Waals surface area (Å²) < 4.78 is 5.17. The number of hydrogen-bond acceptors (Lipinski definition) is 3. The number of aliphatic hydroxyl groups is 1. The van der Waals surface area contributed by atoms with E-state index < -0.39 is 6.10 Å². The highest BCUT2D eigenvalue weighted by Gasteiger charge is 2.25. The summed E-state index contributed by atoms with van der Waals surface area (Å²) in [4.78, 5) is 2.49. The van der Waals surface area contributed by atoms with Gasteiger partial charge in [0.05, 0.1) is 13.2 Å². The second-order valence-corrected chi connectivity index (χ2v) is 6.57. The van der Waals surface area contributed by atoms with E-state index in [0.29, 0.717) is 12.0 Å². The number of aliphatic hydroxyl groups excluding tert-OH is 1. The van der Waals surface area contributed by atoms with Crippen molar-refractivity contribution in [2.75, 3.05) is 20.2 Å². The fraction of sp³-hybridized carbons (Fsp3) is 0.667. The molecule has 1 aromatic carbocycles. The zero-order valence-electron chi connectivity index (χ0n) is 13.6. The van der Waals surface area contributed by atoms with Crippen LogP contribution in [0.25, 0.3) is 0 Å². The van der Waals surface area contributed by atoms with Crippen molar-refractivity contribution in [3.63, 3.8) is 0 Å². The van der Waals surface area contributed by atoms with Gasteiger partial charge in [-0.2, -0.15) is 0 Å². The molecule has 0 spiro atoms. The maximum atomic E-state index is 10.5. The van der Waals surface area contributed by atoms with E-state index in [1.54, 1.807) is 7.11 Å². The van der Waals surface area contributed by atoms with Crippen LogP contribution in [-0.2, 0) is 0 Å². The van der Waals surface area contributed by atoms with Crippen molar-refractivity contribution in [2.45, 2.75) is 51.7 Å². The molecule has 0 saturated heterocycles. The highest BCUT2D eigenvalue weighted by Crippen LogP contribution is 2.27. The van der Waals surface area contributed by atoms with Crippen molar-refractivity contribution in [1.82, 2.24) is 4.90 Å². The molecule has 1 N–H and O–H groups in total. The molecule has 1 aliphatic carbocycles. The lowest BCUT2D eigenvalue weighted by molar-refractivity contribution is 0.0796. The van der Waals surface area contributed by atoms with Gasteiger partial charge in [0.25, 0.3) is 0 Å². The van der Waals surface area contributed by atoms with Crippen molar-refractivity contribution in [1.29, 1.82) is 0 Å². The summed E-state index contributed by atoms with van der Waals surface area (Å²) in [5.41, 5.74) is 0.975. The first-order valence-corrected chi connectivity index (χ1v) is 8.16. The Morgan fingerprint density at radius 1 is 1.14 bits per heavy atom. The quantitative estimate of drug-likeness (QED) is 0.832. The van der Waals surface area contributed by atoms with Crippen LogP contribution in [0.3, 0.4) is 0 Å². The summed E-state index contributed by atoms with van der Waals surface area (Å²) >= 11 is 0. The van der Waals surface area contributed by atoms with Crippen LogP contribution in [0.1, 0.15) is 51.2 Å². The third-order valence-corrected chi connectivity index (χ3v) is 4.35. The van der Waals surface area contributed by atoms with E-state index in [1.165, 1.54) is 25.7 Å². The number of hydrogen-bond donors (Lipinski definition) is 1. The molecule has 1 fully saturated rings. The predicted molar refractivity (Wildman–Crippen MR) is 86.6 cm³/mol. The maximum absolute atomic E-state index is 10.5. The molecule has 118 valence electrons. The van der Waals surface area contributed by atoms with Crippen LogP contribution in [0.2, 0.25) is 0 Å². The third kappa shape index (κ3) is 4.72. The summed E-state index contributed by atoms with van der Waals surface area (Å²) in [6.45, 7) is 6.30. The molecule has 21 heavy (non-hydrogen) atoms. The second kappa shape index (κ2) is 7.81. The van der Waals surface area contributed by atoms with Crippen molar-refractivity contribution < 1.29 is 9.84 Å². The van der Waals surface area contributed by atoms with E-state index in [2.05, 4.69) is 18.7 Å². The summed E-state index contributed by atoms with van der Waals surface area (Å²) in [7, 11) is 1.66. The Bertz CT molecular complexity index is 410. The van der Waals surface area contributed by atoms with Crippen LogP contribution in [0.15, 0.2) is 24.3 Å². The van der Waals surface area contributed by atoms with Gasteiger partial charge < -0.3 is 9.84 Å². The Kier molecular flexibility index (Phi) is 6.07. The van der Waals surface area contributed by atoms with E-state index >= 15 is 0 Å². The van der Waals surface area contributed by atoms with Crippen molar-refractivity contribution >= 4 is 0 Å². The highest BCUT2D eigenvalue weighted by atomic mass is 16.5. The van der Waals surface area contributed by atoms with Gasteiger partial charge in [0.2, 0.25) is 0 Å². The number of nitrogens with zero attached hydrogens (tertiary/aromatic N) is 1. The van der Waals surface area contributed by atoms with E-state index in [0.717, 1.165) is 24.4 Å². The molecule has 1 unspecified atom stereocenters. The van der Waals surface area contributed by atoms with Gasteiger partial charge in [0.1, 0.15) is 5.75 Å². The standard InChI is InChI=1S/C18H29NO2/c1-14(2)12-19(16-6-4-5-7-16)13-18(20)15-8-10-17(21-3)11-9-15/h8-11,14,16,18,20H,4-7,12-13H2,1-3H3.